The van der Waals surface area contributed by atoms with Crippen LogP contribution in [0.3, 0.4) is 0 Å². The summed E-state index contributed by atoms with van der Waals surface area (Å²) in [5.41, 5.74) is 0.671. The monoisotopic (exact) mass is 241 g/mol. The second kappa shape index (κ2) is 5.68. The van der Waals surface area contributed by atoms with Gasteiger partial charge in [0.25, 0.3) is 0 Å². The van der Waals surface area contributed by atoms with Crippen molar-refractivity contribution in [3.63, 3.8) is 0 Å². The van der Waals surface area contributed by atoms with Gasteiger partial charge in [-0.2, -0.15) is 0 Å². The smallest absolute Gasteiger partial charge is 0.310 e. The number of carbonyl (C=O) groups excluding carboxylic acids is 1. The van der Waals surface area contributed by atoms with Gasteiger partial charge in [0.2, 0.25) is 0 Å². The molecule has 0 aliphatic carbocycles. The Hall–Kier alpha value is -1.55. The summed E-state index contributed by atoms with van der Waals surface area (Å²) < 4.78 is 51.8. The summed E-state index contributed by atoms with van der Waals surface area (Å²) in [6.45, 7) is -3.03. The average molecular weight is 241 g/mol. The molecule has 0 saturated carbocycles. The fourth-order valence-corrected chi connectivity index (χ4v) is 1.23. The Balaban J connectivity index is 2.01. The summed E-state index contributed by atoms with van der Waals surface area (Å²) in [6.07, 6.45) is -2.31. The molecule has 1 fully saturated rings. The molecule has 0 N–H and O–H groups in total. The molecular formula is C13H16O4. The first kappa shape index (κ1) is 7.01. The number of ether oxygens (including phenoxy) is 3. The molecule has 1 heterocycles. The molecule has 1 saturated heterocycles. The van der Waals surface area contributed by atoms with Gasteiger partial charge in [0.1, 0.15) is 18.4 Å². The van der Waals surface area contributed by atoms with Crippen molar-refractivity contribution < 1.29 is 25.9 Å². The third-order valence-corrected chi connectivity index (χ3v) is 2.04. The number of hydrogen-bond acceptors (Lipinski definition) is 4. The number of benzene rings is 1. The Kier molecular flexibility index (Phi) is 2.34. The minimum Gasteiger partial charge on any atom is -0.491 e. The van der Waals surface area contributed by atoms with Crippen LogP contribution in [0.5, 0.6) is 5.75 Å². The summed E-state index contributed by atoms with van der Waals surface area (Å²) in [7, 11) is 0. The highest BCUT2D eigenvalue weighted by Crippen LogP contribution is 2.16. The highest BCUT2D eigenvalue weighted by Gasteiger charge is 2.22. The minimum absolute atomic E-state index is 0.0923. The lowest BCUT2D eigenvalue weighted by molar-refractivity contribution is -0.142. The maximum atomic E-state index is 11.3. The fourth-order valence-electron chi connectivity index (χ4n) is 1.23. The number of epoxide rings is 1. The molecule has 4 heteroatoms. The van der Waals surface area contributed by atoms with Gasteiger partial charge in [-0.3, -0.25) is 4.79 Å². The molecule has 4 nitrogen and oxygen atoms in total. The summed E-state index contributed by atoms with van der Waals surface area (Å²) in [6, 6.07) is 6.02. The Labute approximate surface area is 108 Å². The van der Waals surface area contributed by atoms with Crippen LogP contribution in [0.1, 0.15) is 19.3 Å². The average Bonchev–Trinajstić information content (AvgIpc) is 2.93. The molecule has 0 bridgehead atoms. The number of hydrogen-bond donors (Lipinski definition) is 0. The van der Waals surface area contributed by atoms with E-state index >= 15 is 0 Å². The number of esters is 1. The molecule has 0 amide bonds. The maximum absolute atomic E-state index is 11.3. The van der Waals surface area contributed by atoms with E-state index in [4.69, 9.17) is 16.3 Å². The van der Waals surface area contributed by atoms with Crippen molar-refractivity contribution in [3.8, 4) is 5.75 Å². The van der Waals surface area contributed by atoms with Gasteiger partial charge in [-0.1, -0.05) is 12.1 Å². The molecule has 1 aliphatic heterocycles. The van der Waals surface area contributed by atoms with Crippen LogP contribution in [-0.2, 0) is 20.7 Å². The van der Waals surface area contributed by atoms with Gasteiger partial charge in [-0.05, 0) is 24.6 Å². The number of rotatable bonds is 6. The van der Waals surface area contributed by atoms with Crippen molar-refractivity contribution in [1.82, 2.24) is 0 Å². The quantitative estimate of drug-likeness (QED) is 0.560. The van der Waals surface area contributed by atoms with Crippen LogP contribution < -0.4 is 4.74 Å². The van der Waals surface area contributed by atoms with Gasteiger partial charge in [0.15, 0.2) is 0 Å². The molecule has 17 heavy (non-hydrogen) atoms. The van der Waals surface area contributed by atoms with Crippen molar-refractivity contribution in [1.29, 1.82) is 0 Å². The van der Waals surface area contributed by atoms with Gasteiger partial charge in [0, 0.05) is 0 Å². The van der Waals surface area contributed by atoms with Gasteiger partial charge in [-0.15, -0.1) is 0 Å². The molecule has 0 spiro atoms. The van der Waals surface area contributed by atoms with E-state index in [0.717, 1.165) is 0 Å². The van der Waals surface area contributed by atoms with Crippen LogP contribution in [0.4, 0.5) is 0 Å². The Bertz CT molecular complexity index is 560. The Morgan fingerprint density at radius 2 is 2.35 bits per heavy atom. The van der Waals surface area contributed by atoms with Crippen molar-refractivity contribution in [2.24, 2.45) is 0 Å². The predicted octanol–water partition coefficient (Wildman–Crippen LogP) is 1.57. The molecule has 0 aromatic heterocycles. The molecule has 92 valence electrons. The van der Waals surface area contributed by atoms with Gasteiger partial charge < -0.3 is 14.2 Å². The van der Waals surface area contributed by atoms with Gasteiger partial charge >= 0.3 is 5.97 Å². The summed E-state index contributed by atoms with van der Waals surface area (Å²) in [5.74, 6) is -0.258. The Morgan fingerprint density at radius 3 is 2.94 bits per heavy atom. The fraction of sp³-hybridized carbons (Fsp3) is 0.462. The van der Waals surface area contributed by atoms with Crippen LogP contribution in [0.25, 0.3) is 0 Å². The summed E-state index contributed by atoms with van der Waals surface area (Å²) in [5, 5.41) is 0. The molecule has 1 atom stereocenters. The van der Waals surface area contributed by atoms with E-state index in [0.29, 0.717) is 12.2 Å². The van der Waals surface area contributed by atoms with Crippen LogP contribution in [0.2, 0.25) is 0 Å². The van der Waals surface area contributed by atoms with E-state index in [1.165, 1.54) is 12.1 Å². The van der Waals surface area contributed by atoms with E-state index in [1.807, 2.05) is 0 Å². The number of carbonyl (C=O) groups is 1. The zero-order valence-electron chi connectivity index (χ0n) is 14.4. The first-order chi connectivity index (χ1) is 10.1. The molecule has 1 aromatic carbocycles. The second-order valence-electron chi connectivity index (χ2n) is 3.36. The first-order valence-corrected chi connectivity index (χ1v) is 5.25. The summed E-state index contributed by atoms with van der Waals surface area (Å²) in [4.78, 5) is 11.3. The standard InChI is InChI=1S/C13H16O4/c1-2-15-13(14)7-10-3-5-11(6-4-10)16-8-12-9-17-12/h3-6,12H,2,7-9H2,1H3/i8D2,9D2,12D. The van der Waals surface area contributed by atoms with E-state index < -0.39 is 19.2 Å². The highest BCUT2D eigenvalue weighted by molar-refractivity contribution is 5.72. The largest absolute Gasteiger partial charge is 0.491 e. The van der Waals surface area contributed by atoms with E-state index in [-0.39, 0.29) is 18.1 Å². The maximum Gasteiger partial charge on any atom is 0.310 e. The van der Waals surface area contributed by atoms with E-state index in [1.54, 1.807) is 19.1 Å². The zero-order valence-corrected chi connectivity index (χ0v) is 9.36. The molecule has 1 unspecified atom stereocenters. The predicted molar refractivity (Wildman–Crippen MR) is 62.0 cm³/mol. The molecule has 1 aliphatic rings. The minimum atomic E-state index is -2.65. The van der Waals surface area contributed by atoms with Crippen molar-refractivity contribution in [2.45, 2.75) is 19.4 Å². The topological polar surface area (TPSA) is 48.1 Å². The molecule has 2 rings (SSSR count). The third-order valence-electron chi connectivity index (χ3n) is 2.04. The molecule has 1 aromatic rings. The van der Waals surface area contributed by atoms with Crippen LogP contribution >= 0.6 is 0 Å². The van der Waals surface area contributed by atoms with Crippen LogP contribution in [0.15, 0.2) is 24.3 Å². The zero-order chi connectivity index (χ0) is 16.6. The summed E-state index contributed by atoms with van der Waals surface area (Å²) >= 11 is 0. The van der Waals surface area contributed by atoms with Gasteiger partial charge in [-0.25, -0.2) is 0 Å². The lowest BCUT2D eigenvalue weighted by Gasteiger charge is -2.05. The van der Waals surface area contributed by atoms with Gasteiger partial charge in [0.05, 0.1) is 26.4 Å². The molecule has 0 radical (unpaired) electrons. The van der Waals surface area contributed by atoms with Crippen molar-refractivity contribution in [3.05, 3.63) is 29.8 Å². The van der Waals surface area contributed by atoms with Crippen LogP contribution in [-0.4, -0.2) is 31.8 Å². The normalized spacial score (nSPS) is 30.1. The first-order valence-electron chi connectivity index (χ1n) is 7.75. The lowest BCUT2D eigenvalue weighted by Crippen LogP contribution is -2.07. The molecular weight excluding hydrogens is 220 g/mol. The third kappa shape index (κ3) is 4.07. The van der Waals surface area contributed by atoms with Crippen LogP contribution in [0, 0.1) is 0 Å². The second-order valence-corrected chi connectivity index (χ2v) is 3.36. The highest BCUT2D eigenvalue weighted by atomic mass is 16.6. The SMILES string of the molecule is [2H]C([2H])(Oc1ccc(CC(=O)OCC)cc1)C1([2H])OC1([2H])[2H]. The van der Waals surface area contributed by atoms with Crippen molar-refractivity contribution >= 4 is 5.97 Å². The van der Waals surface area contributed by atoms with E-state index in [9.17, 15) is 4.79 Å². The lowest BCUT2D eigenvalue weighted by atomic mass is 10.1. The Morgan fingerprint density at radius 1 is 1.65 bits per heavy atom. The van der Waals surface area contributed by atoms with E-state index in [2.05, 4.69) is 4.74 Å². The van der Waals surface area contributed by atoms with Crippen molar-refractivity contribution in [2.75, 3.05) is 19.7 Å².